The minimum atomic E-state index is -0.835. The van der Waals surface area contributed by atoms with Crippen molar-refractivity contribution in [2.75, 3.05) is 20.8 Å². The molecule has 0 aliphatic carbocycles. The summed E-state index contributed by atoms with van der Waals surface area (Å²) in [4.78, 5) is 22.8. The monoisotopic (exact) mass is 282 g/mol. The minimum Gasteiger partial charge on any atom is -0.508 e. The van der Waals surface area contributed by atoms with Crippen molar-refractivity contribution in [3.8, 4) is 17.2 Å². The van der Waals surface area contributed by atoms with E-state index in [0.29, 0.717) is 11.8 Å². The summed E-state index contributed by atoms with van der Waals surface area (Å²) >= 11 is 0. The summed E-state index contributed by atoms with van der Waals surface area (Å²) in [5.74, 6) is -0.903. The molecule has 0 heterocycles. The van der Waals surface area contributed by atoms with Crippen LogP contribution in [-0.2, 0) is 14.3 Å². The molecule has 110 valence electrons. The van der Waals surface area contributed by atoms with Crippen LogP contribution in [0.1, 0.15) is 24.8 Å². The van der Waals surface area contributed by atoms with Crippen molar-refractivity contribution in [1.82, 2.24) is 0 Å². The first-order valence-electron chi connectivity index (χ1n) is 6.14. The number of ether oxygens (including phenoxy) is 3. The molecule has 6 heteroatoms. The Labute approximate surface area is 117 Å². The third kappa shape index (κ3) is 3.40. The highest BCUT2D eigenvalue weighted by Gasteiger charge is 2.29. The van der Waals surface area contributed by atoms with E-state index < -0.39 is 11.9 Å². The van der Waals surface area contributed by atoms with Crippen LogP contribution in [-0.4, -0.2) is 38.2 Å². The predicted octanol–water partition coefficient (Wildman–Crippen LogP) is 1.65. The molecule has 0 spiro atoms. The SMILES string of the molecule is CCOC(=O)[C@H](CC=O)c1c(OC)cc(O)cc1OC. The molecule has 0 amide bonds. The molecule has 0 unspecified atom stereocenters. The van der Waals surface area contributed by atoms with Gasteiger partial charge in [0.15, 0.2) is 0 Å². The zero-order valence-corrected chi connectivity index (χ0v) is 11.7. The lowest BCUT2D eigenvalue weighted by Gasteiger charge is -2.19. The second-order valence-electron chi connectivity index (χ2n) is 3.97. The summed E-state index contributed by atoms with van der Waals surface area (Å²) in [6, 6.07) is 2.71. The van der Waals surface area contributed by atoms with E-state index in [1.165, 1.54) is 26.4 Å². The normalized spacial score (nSPS) is 11.6. The summed E-state index contributed by atoms with van der Waals surface area (Å²) < 4.78 is 15.3. The Morgan fingerprint density at radius 3 is 2.25 bits per heavy atom. The van der Waals surface area contributed by atoms with Gasteiger partial charge in [-0.2, -0.15) is 0 Å². The van der Waals surface area contributed by atoms with Gasteiger partial charge in [0.25, 0.3) is 0 Å². The van der Waals surface area contributed by atoms with Crippen LogP contribution in [0.15, 0.2) is 12.1 Å². The van der Waals surface area contributed by atoms with Gasteiger partial charge in [0.2, 0.25) is 0 Å². The van der Waals surface area contributed by atoms with Crippen LogP contribution in [0.2, 0.25) is 0 Å². The number of hydrogen-bond acceptors (Lipinski definition) is 6. The number of aldehydes is 1. The van der Waals surface area contributed by atoms with Crippen molar-refractivity contribution < 1.29 is 28.9 Å². The summed E-state index contributed by atoms with van der Waals surface area (Å²) in [6.45, 7) is 1.89. The lowest BCUT2D eigenvalue weighted by molar-refractivity contribution is -0.145. The Kier molecular flexibility index (Phi) is 5.83. The summed E-state index contributed by atoms with van der Waals surface area (Å²) in [5.41, 5.74) is 0.387. The Hall–Kier alpha value is -2.24. The first kappa shape index (κ1) is 15.8. The fourth-order valence-corrected chi connectivity index (χ4v) is 1.94. The third-order valence-electron chi connectivity index (χ3n) is 2.78. The number of rotatable bonds is 7. The van der Waals surface area contributed by atoms with E-state index in [1.54, 1.807) is 6.92 Å². The molecule has 0 aliphatic rings. The maximum absolute atomic E-state index is 12.0. The van der Waals surface area contributed by atoms with Gasteiger partial charge in [0.05, 0.1) is 32.3 Å². The molecule has 6 nitrogen and oxygen atoms in total. The van der Waals surface area contributed by atoms with E-state index in [-0.39, 0.29) is 30.3 Å². The standard InChI is InChI=1S/C14H18O6/c1-4-20-14(17)10(5-6-15)13-11(18-2)7-9(16)8-12(13)19-3/h6-8,10,16H,4-5H2,1-3H3/t10-/m1/s1. The van der Waals surface area contributed by atoms with Gasteiger partial charge in [-0.3, -0.25) is 4.79 Å². The second-order valence-corrected chi connectivity index (χ2v) is 3.97. The van der Waals surface area contributed by atoms with Gasteiger partial charge < -0.3 is 24.1 Å². The number of aromatic hydroxyl groups is 1. The average molecular weight is 282 g/mol. The highest BCUT2D eigenvalue weighted by molar-refractivity contribution is 5.83. The topological polar surface area (TPSA) is 82.1 Å². The first-order chi connectivity index (χ1) is 9.58. The molecule has 20 heavy (non-hydrogen) atoms. The van der Waals surface area contributed by atoms with E-state index in [0.717, 1.165) is 0 Å². The van der Waals surface area contributed by atoms with Crippen LogP contribution in [0.5, 0.6) is 17.2 Å². The molecule has 0 fully saturated rings. The number of carbonyl (C=O) groups is 2. The second kappa shape index (κ2) is 7.37. The van der Waals surface area contributed by atoms with Crippen molar-refractivity contribution in [3.05, 3.63) is 17.7 Å². The molecule has 1 atom stereocenters. The summed E-state index contributed by atoms with van der Waals surface area (Å²) in [6.07, 6.45) is 0.573. The molecular weight excluding hydrogens is 264 g/mol. The zero-order valence-electron chi connectivity index (χ0n) is 11.7. The van der Waals surface area contributed by atoms with Crippen LogP contribution in [0, 0.1) is 0 Å². The minimum absolute atomic E-state index is 0.0591. The molecule has 0 aromatic heterocycles. The van der Waals surface area contributed by atoms with E-state index in [2.05, 4.69) is 0 Å². The van der Waals surface area contributed by atoms with Crippen molar-refractivity contribution >= 4 is 12.3 Å². The number of carbonyl (C=O) groups excluding carboxylic acids is 2. The molecule has 0 saturated heterocycles. The van der Waals surface area contributed by atoms with Gasteiger partial charge in [-0.05, 0) is 6.92 Å². The predicted molar refractivity (Wildman–Crippen MR) is 71.3 cm³/mol. The summed E-state index contributed by atoms with van der Waals surface area (Å²) in [5, 5.41) is 9.59. The number of esters is 1. The Balaban J connectivity index is 3.36. The van der Waals surface area contributed by atoms with Gasteiger partial charge in [0.1, 0.15) is 23.5 Å². The number of benzene rings is 1. The van der Waals surface area contributed by atoms with Crippen LogP contribution in [0.3, 0.4) is 0 Å². The largest absolute Gasteiger partial charge is 0.508 e. The van der Waals surface area contributed by atoms with Gasteiger partial charge in [-0.15, -0.1) is 0 Å². The lowest BCUT2D eigenvalue weighted by Crippen LogP contribution is -2.18. The third-order valence-corrected chi connectivity index (χ3v) is 2.78. The molecule has 0 saturated carbocycles. The van der Waals surface area contributed by atoms with Crippen LogP contribution >= 0.6 is 0 Å². The fraction of sp³-hybridized carbons (Fsp3) is 0.429. The van der Waals surface area contributed by atoms with Crippen LogP contribution < -0.4 is 9.47 Å². The highest BCUT2D eigenvalue weighted by atomic mass is 16.5. The fourth-order valence-electron chi connectivity index (χ4n) is 1.94. The molecule has 0 radical (unpaired) electrons. The van der Waals surface area contributed by atoms with Gasteiger partial charge >= 0.3 is 5.97 Å². The maximum atomic E-state index is 12.0. The zero-order chi connectivity index (χ0) is 15.1. The van der Waals surface area contributed by atoms with Crippen molar-refractivity contribution in [1.29, 1.82) is 0 Å². The van der Waals surface area contributed by atoms with E-state index in [1.807, 2.05) is 0 Å². The average Bonchev–Trinajstić information content (AvgIpc) is 2.44. The number of phenolic OH excluding ortho intramolecular Hbond substituents is 1. The smallest absolute Gasteiger partial charge is 0.314 e. The van der Waals surface area contributed by atoms with E-state index in [4.69, 9.17) is 14.2 Å². The van der Waals surface area contributed by atoms with Gasteiger partial charge in [-0.25, -0.2) is 0 Å². The van der Waals surface area contributed by atoms with Crippen LogP contribution in [0.4, 0.5) is 0 Å². The molecular formula is C14H18O6. The van der Waals surface area contributed by atoms with Gasteiger partial charge in [0, 0.05) is 18.6 Å². The quantitative estimate of drug-likeness (QED) is 0.605. The number of phenols is 1. The van der Waals surface area contributed by atoms with Crippen molar-refractivity contribution in [2.45, 2.75) is 19.3 Å². The Bertz CT molecular complexity index is 458. The van der Waals surface area contributed by atoms with E-state index >= 15 is 0 Å². The first-order valence-corrected chi connectivity index (χ1v) is 6.14. The molecule has 1 aromatic carbocycles. The molecule has 0 bridgehead atoms. The maximum Gasteiger partial charge on any atom is 0.314 e. The van der Waals surface area contributed by atoms with Gasteiger partial charge in [-0.1, -0.05) is 0 Å². The van der Waals surface area contributed by atoms with Crippen LogP contribution in [0.25, 0.3) is 0 Å². The number of methoxy groups -OCH3 is 2. The molecule has 1 N–H and O–H groups in total. The lowest BCUT2D eigenvalue weighted by atomic mass is 9.94. The molecule has 1 aromatic rings. The van der Waals surface area contributed by atoms with Crippen molar-refractivity contribution in [3.63, 3.8) is 0 Å². The summed E-state index contributed by atoms with van der Waals surface area (Å²) in [7, 11) is 2.81. The van der Waals surface area contributed by atoms with E-state index in [9.17, 15) is 14.7 Å². The Morgan fingerprint density at radius 1 is 1.30 bits per heavy atom. The Morgan fingerprint density at radius 2 is 1.85 bits per heavy atom. The highest BCUT2D eigenvalue weighted by Crippen LogP contribution is 2.40. The molecule has 0 aliphatic heterocycles. The molecule has 1 rings (SSSR count). The number of hydrogen-bond donors (Lipinski definition) is 1. The van der Waals surface area contributed by atoms with Crippen molar-refractivity contribution in [2.24, 2.45) is 0 Å².